The van der Waals surface area contributed by atoms with Gasteiger partial charge in [-0.05, 0) is 105 Å². The molecular weight excluding hydrogens is 552 g/mol. The van der Waals surface area contributed by atoms with Gasteiger partial charge in [0.2, 0.25) is 0 Å². The van der Waals surface area contributed by atoms with Crippen LogP contribution in [-0.2, 0) is 16.2 Å². The Hall–Kier alpha value is -3.04. The Morgan fingerprint density at radius 3 is 1.55 bits per heavy atom. The summed E-state index contributed by atoms with van der Waals surface area (Å²) < 4.78 is 26.4. The summed E-state index contributed by atoms with van der Waals surface area (Å²) in [6, 6.07) is 8.84. The van der Waals surface area contributed by atoms with E-state index < -0.39 is 23.2 Å². The van der Waals surface area contributed by atoms with Crippen LogP contribution in [0, 0.1) is 10.8 Å². The highest BCUT2D eigenvalue weighted by Crippen LogP contribution is 2.66. The van der Waals surface area contributed by atoms with E-state index in [-0.39, 0.29) is 28.5 Å². The molecule has 5 atom stereocenters. The summed E-state index contributed by atoms with van der Waals surface area (Å²) in [5.41, 5.74) is 29.7. The molecule has 5 aliphatic rings. The smallest absolute Gasteiger partial charge is 0.169 e. The van der Waals surface area contributed by atoms with Crippen LogP contribution in [0.25, 0.3) is 0 Å². The monoisotopic (exact) mass is 600 g/mol. The molecule has 3 aliphatic carbocycles. The first kappa shape index (κ1) is 29.7. The Balaban J connectivity index is 1.41. The maximum absolute atomic E-state index is 6.88. The molecule has 2 aliphatic heterocycles. The van der Waals surface area contributed by atoms with E-state index in [0.29, 0.717) is 23.0 Å². The van der Waals surface area contributed by atoms with Gasteiger partial charge in [0.15, 0.2) is 34.5 Å². The van der Waals surface area contributed by atoms with Gasteiger partial charge in [-0.1, -0.05) is 39.3 Å². The van der Waals surface area contributed by atoms with E-state index in [4.69, 9.17) is 41.9 Å². The van der Waals surface area contributed by atoms with Gasteiger partial charge in [0.25, 0.3) is 0 Å². The molecule has 2 aromatic carbocycles. The summed E-state index contributed by atoms with van der Waals surface area (Å²) in [6.45, 7) is 19.4. The van der Waals surface area contributed by atoms with Crippen molar-refractivity contribution in [1.82, 2.24) is 0 Å². The normalized spacial score (nSPS) is 33.8. The van der Waals surface area contributed by atoms with E-state index in [0.717, 1.165) is 29.9 Å². The van der Waals surface area contributed by atoms with Crippen molar-refractivity contribution in [1.29, 1.82) is 0 Å². The second kappa shape index (κ2) is 8.81. The second-order valence-corrected chi connectivity index (χ2v) is 15.8. The molecule has 0 saturated heterocycles. The fraction of sp³-hybridized carbons (Fsp3) is 0.556. The molecule has 8 N–H and O–H groups in total. The van der Waals surface area contributed by atoms with E-state index in [9.17, 15) is 0 Å². The molecule has 1 spiro atoms. The standard InChI is InChI=1S/C36H48N4O4/c1-17-14-34(8,30(37)38)28-29(35(17,9)31(39)40)44-27-13-23-21(11-26(27)43-28)33(6,7)16-36(23)15-32(4,5)20-10-24-25(12-22(20)36)42-19(3)18(2)41-24/h10-14,18-19,30-31H,15-16,37-40H2,1-9H3. The van der Waals surface area contributed by atoms with Crippen molar-refractivity contribution < 1.29 is 18.9 Å². The molecule has 8 heteroatoms. The maximum Gasteiger partial charge on any atom is 0.169 e. The molecule has 0 amide bonds. The van der Waals surface area contributed by atoms with Gasteiger partial charge in [0.1, 0.15) is 12.2 Å². The average Bonchev–Trinajstić information content (AvgIpc) is 3.28. The molecule has 2 heterocycles. The zero-order valence-corrected chi connectivity index (χ0v) is 27.6. The number of benzene rings is 2. The lowest BCUT2D eigenvalue weighted by Gasteiger charge is -2.48. The molecule has 0 bridgehead atoms. The number of hydrogen-bond acceptors (Lipinski definition) is 8. The fourth-order valence-corrected chi connectivity index (χ4v) is 8.77. The Morgan fingerprint density at radius 2 is 1.07 bits per heavy atom. The minimum atomic E-state index is -0.802. The first-order valence-electron chi connectivity index (χ1n) is 15.9. The van der Waals surface area contributed by atoms with Crippen molar-refractivity contribution >= 4 is 0 Å². The van der Waals surface area contributed by atoms with Crippen LogP contribution >= 0.6 is 0 Å². The molecule has 7 rings (SSSR count). The van der Waals surface area contributed by atoms with E-state index in [1.807, 2.05) is 26.8 Å². The van der Waals surface area contributed by atoms with Crippen LogP contribution in [-0.4, -0.2) is 24.5 Å². The number of rotatable bonds is 2. The number of hydrogen-bond donors (Lipinski definition) is 4. The first-order chi connectivity index (χ1) is 20.3. The Bertz CT molecular complexity index is 1670. The van der Waals surface area contributed by atoms with Crippen LogP contribution in [0.15, 0.2) is 47.4 Å². The number of ether oxygens (including phenoxy) is 4. The SMILES string of the molecule is CC1=CC(C)(C(N)N)C2=C(Oc3cc4c(cc3O2)C(C)(C)CC42CC(C)(C)c3cc4c(cc32)OC(C)C(C)O4)C1(C)C(N)N. The summed E-state index contributed by atoms with van der Waals surface area (Å²) in [4.78, 5) is 0. The Kier molecular flexibility index (Phi) is 5.94. The fourth-order valence-electron chi connectivity index (χ4n) is 8.77. The lowest BCUT2D eigenvalue weighted by molar-refractivity contribution is 0.0427. The predicted molar refractivity (Wildman–Crippen MR) is 172 cm³/mol. The van der Waals surface area contributed by atoms with Crippen molar-refractivity contribution in [2.24, 2.45) is 33.8 Å². The highest BCUT2D eigenvalue weighted by molar-refractivity contribution is 5.67. The third kappa shape index (κ3) is 3.65. The summed E-state index contributed by atoms with van der Waals surface area (Å²) >= 11 is 0. The third-order valence-corrected chi connectivity index (χ3v) is 11.7. The second-order valence-electron chi connectivity index (χ2n) is 15.8. The lowest BCUT2D eigenvalue weighted by Crippen LogP contribution is -2.57. The minimum absolute atomic E-state index is 0.00527. The summed E-state index contributed by atoms with van der Waals surface area (Å²) in [7, 11) is 0. The molecule has 8 nitrogen and oxygen atoms in total. The third-order valence-electron chi connectivity index (χ3n) is 11.7. The Morgan fingerprint density at radius 1 is 0.636 bits per heavy atom. The molecule has 0 fully saturated rings. The van der Waals surface area contributed by atoms with E-state index >= 15 is 0 Å². The van der Waals surface area contributed by atoms with E-state index in [1.165, 1.54) is 22.3 Å². The van der Waals surface area contributed by atoms with Crippen LogP contribution < -0.4 is 41.9 Å². The number of nitrogens with two attached hydrogens (primary N) is 4. The van der Waals surface area contributed by atoms with Gasteiger partial charge in [0.05, 0.1) is 23.2 Å². The Labute approximate surface area is 261 Å². The summed E-state index contributed by atoms with van der Waals surface area (Å²) in [5.74, 6) is 4.10. The van der Waals surface area contributed by atoms with Crippen LogP contribution in [0.4, 0.5) is 0 Å². The van der Waals surface area contributed by atoms with Gasteiger partial charge < -0.3 is 41.9 Å². The molecule has 236 valence electrons. The maximum atomic E-state index is 6.88. The van der Waals surface area contributed by atoms with Gasteiger partial charge in [-0.25, -0.2) is 0 Å². The molecular formula is C36H48N4O4. The highest BCUT2D eigenvalue weighted by atomic mass is 16.6. The summed E-state index contributed by atoms with van der Waals surface area (Å²) in [5, 5.41) is 0. The van der Waals surface area contributed by atoms with E-state index in [1.54, 1.807) is 0 Å². The molecule has 0 saturated carbocycles. The molecule has 2 aromatic rings. The zero-order valence-electron chi connectivity index (χ0n) is 27.6. The van der Waals surface area contributed by atoms with Crippen LogP contribution in [0.1, 0.15) is 97.4 Å². The zero-order chi connectivity index (χ0) is 31.9. The molecule has 5 unspecified atom stereocenters. The van der Waals surface area contributed by atoms with Crippen molar-refractivity contribution in [3.8, 4) is 23.0 Å². The topological polar surface area (TPSA) is 141 Å². The molecule has 0 aromatic heterocycles. The van der Waals surface area contributed by atoms with Crippen molar-refractivity contribution in [2.75, 3.05) is 0 Å². The molecule has 0 radical (unpaired) electrons. The van der Waals surface area contributed by atoms with Gasteiger partial charge in [-0.3, -0.25) is 0 Å². The molecule has 44 heavy (non-hydrogen) atoms. The van der Waals surface area contributed by atoms with Gasteiger partial charge in [-0.15, -0.1) is 0 Å². The highest BCUT2D eigenvalue weighted by Gasteiger charge is 2.58. The van der Waals surface area contributed by atoms with E-state index in [2.05, 4.69) is 65.8 Å². The minimum Gasteiger partial charge on any atom is -0.483 e. The van der Waals surface area contributed by atoms with Crippen molar-refractivity contribution in [3.63, 3.8) is 0 Å². The van der Waals surface area contributed by atoms with Crippen molar-refractivity contribution in [3.05, 3.63) is 69.7 Å². The first-order valence-corrected chi connectivity index (χ1v) is 15.9. The van der Waals surface area contributed by atoms with Crippen LogP contribution in [0.2, 0.25) is 0 Å². The average molecular weight is 601 g/mol. The predicted octanol–water partition coefficient (Wildman–Crippen LogP) is 5.33. The lowest BCUT2D eigenvalue weighted by atomic mass is 9.66. The van der Waals surface area contributed by atoms with Gasteiger partial charge in [0, 0.05) is 5.41 Å². The summed E-state index contributed by atoms with van der Waals surface area (Å²) in [6.07, 6.45) is 2.46. The van der Waals surface area contributed by atoms with Gasteiger partial charge >= 0.3 is 0 Å². The van der Waals surface area contributed by atoms with Crippen molar-refractivity contribution in [2.45, 2.75) is 116 Å². The largest absolute Gasteiger partial charge is 0.483 e. The number of fused-ring (bicyclic) bond motifs is 6. The van der Waals surface area contributed by atoms with Crippen LogP contribution in [0.3, 0.4) is 0 Å². The van der Waals surface area contributed by atoms with Crippen LogP contribution in [0.5, 0.6) is 23.0 Å². The quantitative estimate of drug-likeness (QED) is 0.268. The van der Waals surface area contributed by atoms with Gasteiger partial charge in [-0.2, -0.15) is 0 Å².